The van der Waals surface area contributed by atoms with Crippen molar-refractivity contribution in [3.63, 3.8) is 0 Å². The Kier molecular flexibility index (Phi) is 5.69. The minimum atomic E-state index is -4.40. The Morgan fingerprint density at radius 1 is 1.13 bits per heavy atom. The van der Waals surface area contributed by atoms with Crippen LogP contribution in [0.2, 0.25) is 0 Å². The van der Waals surface area contributed by atoms with Gasteiger partial charge in [0.05, 0.1) is 11.6 Å². The van der Waals surface area contributed by atoms with E-state index in [1.54, 1.807) is 34.6 Å². The highest BCUT2D eigenvalue weighted by atomic mass is 19.4. The fourth-order valence-corrected chi connectivity index (χ4v) is 1.94. The molecule has 0 heterocycles. The van der Waals surface area contributed by atoms with Crippen molar-refractivity contribution in [1.82, 2.24) is 5.06 Å². The SMILES string of the molecule is C[C@@H](c1ccc(C(F)(F)F)cc1)[C@H](C)N(O)C(=O)OC(C)(C)C. The number of rotatable bonds is 3. The van der Waals surface area contributed by atoms with E-state index in [9.17, 15) is 23.2 Å². The van der Waals surface area contributed by atoms with Gasteiger partial charge in [-0.1, -0.05) is 19.1 Å². The van der Waals surface area contributed by atoms with E-state index in [0.717, 1.165) is 12.1 Å². The van der Waals surface area contributed by atoms with E-state index in [2.05, 4.69) is 0 Å². The topological polar surface area (TPSA) is 49.8 Å². The third-order valence-electron chi connectivity index (χ3n) is 3.45. The molecule has 7 heteroatoms. The lowest BCUT2D eigenvalue weighted by Crippen LogP contribution is -2.42. The Morgan fingerprint density at radius 3 is 2.00 bits per heavy atom. The molecule has 0 fully saturated rings. The number of nitrogens with zero attached hydrogens (tertiary/aromatic N) is 1. The first kappa shape index (κ1) is 19.3. The monoisotopic (exact) mass is 333 g/mol. The molecule has 4 nitrogen and oxygen atoms in total. The van der Waals surface area contributed by atoms with Crippen LogP contribution in [-0.4, -0.2) is 28.0 Å². The van der Waals surface area contributed by atoms with Crippen LogP contribution in [0.4, 0.5) is 18.0 Å². The normalized spacial score (nSPS) is 15.0. The Labute approximate surface area is 133 Å². The lowest BCUT2D eigenvalue weighted by Gasteiger charge is -2.30. The molecule has 0 unspecified atom stereocenters. The number of hydrogen-bond acceptors (Lipinski definition) is 3. The Bertz CT molecular complexity index is 535. The van der Waals surface area contributed by atoms with Crippen molar-refractivity contribution in [3.05, 3.63) is 35.4 Å². The van der Waals surface area contributed by atoms with Crippen molar-refractivity contribution in [2.45, 2.75) is 58.4 Å². The molecule has 23 heavy (non-hydrogen) atoms. The first-order valence-corrected chi connectivity index (χ1v) is 7.21. The predicted octanol–water partition coefficient (Wildman–Crippen LogP) is 4.82. The molecule has 1 aromatic rings. The summed E-state index contributed by atoms with van der Waals surface area (Å²) in [4.78, 5) is 11.8. The van der Waals surface area contributed by atoms with E-state index < -0.39 is 29.5 Å². The zero-order chi connectivity index (χ0) is 18.0. The number of alkyl halides is 3. The summed E-state index contributed by atoms with van der Waals surface area (Å²) >= 11 is 0. The molecule has 0 saturated carbocycles. The molecule has 0 aliphatic carbocycles. The van der Waals surface area contributed by atoms with Gasteiger partial charge in [-0.25, -0.2) is 4.79 Å². The van der Waals surface area contributed by atoms with Crippen LogP contribution >= 0.6 is 0 Å². The third-order valence-corrected chi connectivity index (χ3v) is 3.45. The summed E-state index contributed by atoms with van der Waals surface area (Å²) in [6.45, 7) is 8.31. The molecule has 1 rings (SSSR count). The van der Waals surface area contributed by atoms with E-state index in [0.29, 0.717) is 10.6 Å². The van der Waals surface area contributed by atoms with Crippen LogP contribution in [0.3, 0.4) is 0 Å². The standard InChI is InChI=1S/C16H22F3NO3/c1-10(11(2)20(22)14(21)23-15(3,4)5)12-6-8-13(9-7-12)16(17,18)19/h6-11,22H,1-5H3/t10-,11+/m1/s1. The summed E-state index contributed by atoms with van der Waals surface area (Å²) in [5, 5.41) is 10.4. The molecule has 1 aromatic carbocycles. The molecule has 0 spiro atoms. The fourth-order valence-electron chi connectivity index (χ4n) is 1.94. The van der Waals surface area contributed by atoms with E-state index in [1.165, 1.54) is 12.1 Å². The highest BCUT2D eigenvalue weighted by molar-refractivity contribution is 5.67. The van der Waals surface area contributed by atoms with Crippen LogP contribution < -0.4 is 0 Å². The van der Waals surface area contributed by atoms with Crippen LogP contribution in [0.25, 0.3) is 0 Å². The average Bonchev–Trinajstić information content (AvgIpc) is 2.42. The average molecular weight is 333 g/mol. The summed E-state index contributed by atoms with van der Waals surface area (Å²) in [5.74, 6) is -0.380. The van der Waals surface area contributed by atoms with Gasteiger partial charge in [-0.15, -0.1) is 0 Å². The van der Waals surface area contributed by atoms with Gasteiger partial charge in [0.1, 0.15) is 5.60 Å². The Morgan fingerprint density at radius 2 is 1.61 bits per heavy atom. The van der Waals surface area contributed by atoms with Crippen LogP contribution in [-0.2, 0) is 10.9 Å². The molecule has 2 atom stereocenters. The summed E-state index contributed by atoms with van der Waals surface area (Å²) in [5.41, 5.74) is -0.919. The van der Waals surface area contributed by atoms with E-state index in [1.807, 2.05) is 0 Å². The minimum absolute atomic E-state index is 0.380. The number of benzene rings is 1. The molecule has 130 valence electrons. The van der Waals surface area contributed by atoms with Gasteiger partial charge in [-0.05, 0) is 45.4 Å². The summed E-state index contributed by atoms with van der Waals surface area (Å²) < 4.78 is 42.7. The minimum Gasteiger partial charge on any atom is -0.442 e. The highest BCUT2D eigenvalue weighted by Crippen LogP contribution is 2.31. The molecule has 0 bridgehead atoms. The number of hydrogen-bond donors (Lipinski definition) is 1. The van der Waals surface area contributed by atoms with Crippen molar-refractivity contribution in [2.75, 3.05) is 0 Å². The third kappa shape index (κ3) is 5.42. The second-order valence-electron chi connectivity index (χ2n) is 6.47. The molecule has 0 aliphatic heterocycles. The second kappa shape index (κ2) is 6.78. The van der Waals surface area contributed by atoms with Gasteiger partial charge < -0.3 is 4.74 Å². The van der Waals surface area contributed by atoms with Crippen LogP contribution in [0.15, 0.2) is 24.3 Å². The van der Waals surface area contributed by atoms with Crippen LogP contribution in [0, 0.1) is 0 Å². The molecule has 0 aliphatic rings. The predicted molar refractivity (Wildman–Crippen MR) is 79.2 cm³/mol. The van der Waals surface area contributed by atoms with Crippen molar-refractivity contribution in [3.8, 4) is 0 Å². The smallest absolute Gasteiger partial charge is 0.434 e. The Hall–Kier alpha value is -1.76. The fraction of sp³-hybridized carbons (Fsp3) is 0.562. The quantitative estimate of drug-likeness (QED) is 0.637. The van der Waals surface area contributed by atoms with E-state index in [-0.39, 0.29) is 5.92 Å². The molecule has 1 N–H and O–H groups in total. The summed E-state index contributed by atoms with van der Waals surface area (Å²) in [6, 6.07) is 3.98. The zero-order valence-corrected chi connectivity index (χ0v) is 13.8. The second-order valence-corrected chi connectivity index (χ2v) is 6.47. The summed E-state index contributed by atoms with van der Waals surface area (Å²) in [7, 11) is 0. The van der Waals surface area contributed by atoms with Crippen molar-refractivity contribution >= 4 is 6.09 Å². The van der Waals surface area contributed by atoms with Gasteiger partial charge in [0.2, 0.25) is 0 Å². The number of halogens is 3. The maximum Gasteiger partial charge on any atom is 0.434 e. The largest absolute Gasteiger partial charge is 0.442 e. The van der Waals surface area contributed by atoms with E-state index >= 15 is 0 Å². The van der Waals surface area contributed by atoms with Gasteiger partial charge in [0.15, 0.2) is 0 Å². The molecule has 1 amide bonds. The first-order chi connectivity index (χ1) is 10.3. The number of carbonyl (C=O) groups excluding carboxylic acids is 1. The molecule has 0 saturated heterocycles. The number of carbonyl (C=O) groups is 1. The zero-order valence-electron chi connectivity index (χ0n) is 13.8. The number of hydroxylamine groups is 2. The number of ether oxygens (including phenoxy) is 1. The molecular formula is C16H22F3NO3. The highest BCUT2D eigenvalue weighted by Gasteiger charge is 2.31. The molecule has 0 radical (unpaired) electrons. The first-order valence-electron chi connectivity index (χ1n) is 7.21. The maximum atomic E-state index is 12.6. The van der Waals surface area contributed by atoms with Gasteiger partial charge in [-0.3, -0.25) is 5.21 Å². The van der Waals surface area contributed by atoms with Gasteiger partial charge >= 0.3 is 12.3 Å². The van der Waals surface area contributed by atoms with Crippen LogP contribution in [0.5, 0.6) is 0 Å². The molecular weight excluding hydrogens is 311 g/mol. The van der Waals surface area contributed by atoms with Crippen molar-refractivity contribution < 1.29 is 27.9 Å². The Balaban J connectivity index is 2.83. The lowest BCUT2D eigenvalue weighted by molar-refractivity contribution is -0.137. The number of amides is 1. The molecule has 0 aromatic heterocycles. The van der Waals surface area contributed by atoms with Gasteiger partial charge in [0, 0.05) is 5.92 Å². The van der Waals surface area contributed by atoms with Gasteiger partial charge in [0.25, 0.3) is 0 Å². The lowest BCUT2D eigenvalue weighted by atomic mass is 9.93. The van der Waals surface area contributed by atoms with Gasteiger partial charge in [-0.2, -0.15) is 18.2 Å². The summed E-state index contributed by atoms with van der Waals surface area (Å²) in [6.07, 6.45) is -5.30. The maximum absolute atomic E-state index is 12.6. The van der Waals surface area contributed by atoms with Crippen molar-refractivity contribution in [2.24, 2.45) is 0 Å². The van der Waals surface area contributed by atoms with Crippen LogP contribution in [0.1, 0.15) is 51.7 Å². The van der Waals surface area contributed by atoms with Crippen molar-refractivity contribution in [1.29, 1.82) is 0 Å². The van der Waals surface area contributed by atoms with E-state index in [4.69, 9.17) is 4.74 Å².